The van der Waals surface area contributed by atoms with Gasteiger partial charge < -0.3 is 19.7 Å². The van der Waals surface area contributed by atoms with Crippen LogP contribution in [-0.4, -0.2) is 58.1 Å². The molecule has 10 heteroatoms. The third-order valence-electron chi connectivity index (χ3n) is 6.43. The van der Waals surface area contributed by atoms with Crippen molar-refractivity contribution in [1.82, 2.24) is 25.2 Å². The zero-order valence-corrected chi connectivity index (χ0v) is 21.4. The van der Waals surface area contributed by atoms with Crippen LogP contribution < -0.4 is 10.1 Å². The maximum atomic E-state index is 13.9. The minimum absolute atomic E-state index is 0.0159. The summed E-state index contributed by atoms with van der Waals surface area (Å²) >= 11 is 1.54. The van der Waals surface area contributed by atoms with E-state index in [4.69, 9.17) is 9.47 Å². The van der Waals surface area contributed by atoms with Crippen LogP contribution in [0.3, 0.4) is 0 Å². The Balaban J connectivity index is 1.49. The van der Waals surface area contributed by atoms with E-state index in [1.54, 1.807) is 22.8 Å². The van der Waals surface area contributed by atoms with Crippen molar-refractivity contribution < 1.29 is 19.1 Å². The largest absolute Gasteiger partial charge is 0.497 e. The summed E-state index contributed by atoms with van der Waals surface area (Å²) in [6, 6.07) is 17.8. The van der Waals surface area contributed by atoms with Gasteiger partial charge in [-0.1, -0.05) is 35.5 Å². The van der Waals surface area contributed by atoms with Gasteiger partial charge in [-0.15, -0.1) is 16.4 Å². The quantitative estimate of drug-likeness (QED) is 0.344. The fourth-order valence-electron chi connectivity index (χ4n) is 4.55. The Morgan fingerprint density at radius 1 is 1.22 bits per heavy atom. The molecular formula is C27H29N5O4S. The number of hydrogen-bond acceptors (Lipinski definition) is 7. The predicted molar refractivity (Wildman–Crippen MR) is 140 cm³/mol. The number of methoxy groups -OCH3 is 1. The van der Waals surface area contributed by atoms with Crippen molar-refractivity contribution >= 4 is 34.2 Å². The molecule has 37 heavy (non-hydrogen) atoms. The van der Waals surface area contributed by atoms with E-state index in [0.29, 0.717) is 30.0 Å². The van der Waals surface area contributed by atoms with E-state index in [9.17, 15) is 9.59 Å². The molecule has 0 spiro atoms. The number of carbonyl (C=O) groups is 2. The Morgan fingerprint density at radius 2 is 2.11 bits per heavy atom. The Bertz CT molecular complexity index is 1350. The molecule has 2 amide bonds. The second kappa shape index (κ2) is 11.5. The van der Waals surface area contributed by atoms with Crippen molar-refractivity contribution in [3.63, 3.8) is 0 Å². The maximum absolute atomic E-state index is 13.9. The average Bonchev–Trinajstić information content (AvgIpc) is 3.70. The maximum Gasteiger partial charge on any atom is 0.247 e. The lowest BCUT2D eigenvalue weighted by atomic mass is 10.0. The van der Waals surface area contributed by atoms with Gasteiger partial charge in [-0.3, -0.25) is 9.59 Å². The smallest absolute Gasteiger partial charge is 0.247 e. The summed E-state index contributed by atoms with van der Waals surface area (Å²) in [6.07, 6.45) is 1.87. The van der Waals surface area contributed by atoms with Crippen LogP contribution in [0.15, 0.2) is 66.0 Å². The second-order valence-electron chi connectivity index (χ2n) is 8.90. The van der Waals surface area contributed by atoms with Crippen LogP contribution in [0.2, 0.25) is 0 Å². The number of nitrogens with one attached hydrogen (secondary N) is 1. The summed E-state index contributed by atoms with van der Waals surface area (Å²) in [6.45, 7) is 1.33. The lowest BCUT2D eigenvalue weighted by molar-refractivity contribution is -0.142. The monoisotopic (exact) mass is 519 g/mol. The molecule has 1 aliphatic rings. The minimum atomic E-state index is -0.874. The Morgan fingerprint density at radius 3 is 2.89 bits per heavy atom. The number of nitrogens with zero attached hydrogens (tertiary/aromatic N) is 4. The molecule has 0 bridgehead atoms. The second-order valence-corrected chi connectivity index (χ2v) is 9.93. The van der Waals surface area contributed by atoms with Crippen LogP contribution in [0, 0.1) is 0 Å². The average molecular weight is 520 g/mol. The number of rotatable bonds is 10. The van der Waals surface area contributed by atoms with Crippen molar-refractivity contribution in [3.8, 4) is 5.75 Å². The molecule has 3 heterocycles. The third-order valence-corrected chi connectivity index (χ3v) is 7.29. The first-order valence-corrected chi connectivity index (χ1v) is 13.1. The number of amides is 2. The van der Waals surface area contributed by atoms with Crippen LogP contribution in [0.1, 0.15) is 29.3 Å². The molecule has 0 saturated carbocycles. The van der Waals surface area contributed by atoms with Gasteiger partial charge in [-0.2, -0.15) is 0 Å². The highest BCUT2D eigenvalue weighted by molar-refractivity contribution is 7.09. The van der Waals surface area contributed by atoms with E-state index in [1.165, 1.54) is 11.3 Å². The summed E-state index contributed by atoms with van der Waals surface area (Å²) in [5.74, 6) is 0.0986. The molecule has 0 radical (unpaired) electrons. The normalized spacial score (nSPS) is 16.0. The van der Waals surface area contributed by atoms with E-state index < -0.39 is 6.04 Å². The number of benzene rings is 2. The highest BCUT2D eigenvalue weighted by atomic mass is 32.1. The molecule has 1 saturated heterocycles. The van der Waals surface area contributed by atoms with E-state index >= 15 is 0 Å². The fraction of sp³-hybridized carbons (Fsp3) is 0.333. The molecule has 0 aliphatic carbocycles. The van der Waals surface area contributed by atoms with E-state index in [1.807, 2.05) is 60.0 Å². The van der Waals surface area contributed by atoms with Crippen molar-refractivity contribution in [2.24, 2.45) is 0 Å². The molecule has 2 atom stereocenters. The number of para-hydroxylation sites is 1. The number of aromatic nitrogens is 3. The number of thiophene rings is 1. The summed E-state index contributed by atoms with van der Waals surface area (Å²) < 4.78 is 12.7. The molecule has 1 aliphatic heterocycles. The first-order chi connectivity index (χ1) is 18.1. The van der Waals surface area contributed by atoms with E-state index in [-0.39, 0.29) is 31.0 Å². The standard InChI is InChI=1S/C27H29N5O4S/c1-35-20-8-4-7-19(15-20)26(27(34)28-16-21-9-5-13-36-21)31(17-22-10-6-14-37-22)25(33)18-32-24-12-3-2-11-23(24)29-30-32/h2-4,6-8,10-12,14-15,21,26H,5,9,13,16-18H2,1H3,(H,28,34)/t21-,26+/m1/s1. The first kappa shape index (κ1) is 24.9. The van der Waals surface area contributed by atoms with Gasteiger partial charge >= 0.3 is 0 Å². The van der Waals surface area contributed by atoms with Crippen molar-refractivity contribution in [1.29, 1.82) is 0 Å². The molecule has 9 nitrogen and oxygen atoms in total. The van der Waals surface area contributed by atoms with E-state index in [2.05, 4.69) is 15.6 Å². The van der Waals surface area contributed by atoms with Gasteiger partial charge in [0, 0.05) is 18.0 Å². The number of fused-ring (bicyclic) bond motifs is 1. The molecule has 192 valence electrons. The summed E-state index contributed by atoms with van der Waals surface area (Å²) in [5, 5.41) is 13.4. The van der Waals surface area contributed by atoms with E-state index in [0.717, 1.165) is 23.2 Å². The van der Waals surface area contributed by atoms with Gasteiger partial charge in [-0.25, -0.2) is 4.68 Å². The minimum Gasteiger partial charge on any atom is -0.497 e. The fourth-order valence-corrected chi connectivity index (χ4v) is 5.25. The molecule has 0 unspecified atom stereocenters. The Kier molecular flexibility index (Phi) is 7.76. The van der Waals surface area contributed by atoms with Crippen molar-refractivity contribution in [2.75, 3.05) is 20.3 Å². The van der Waals surface area contributed by atoms with Crippen LogP contribution in [0.4, 0.5) is 0 Å². The van der Waals surface area contributed by atoms with Gasteiger partial charge in [0.05, 0.1) is 25.3 Å². The topological polar surface area (TPSA) is 98.6 Å². The Hall–Kier alpha value is -3.76. The Labute approximate surface area is 219 Å². The lowest BCUT2D eigenvalue weighted by Crippen LogP contribution is -2.46. The SMILES string of the molecule is COc1cccc([C@@H](C(=O)NC[C@H]2CCCO2)N(Cc2cccs2)C(=O)Cn2nnc3ccccc32)c1. The van der Waals surface area contributed by atoms with Crippen LogP contribution >= 0.6 is 11.3 Å². The lowest BCUT2D eigenvalue weighted by Gasteiger charge is -2.31. The summed E-state index contributed by atoms with van der Waals surface area (Å²) in [7, 11) is 1.58. The summed E-state index contributed by atoms with van der Waals surface area (Å²) in [5.41, 5.74) is 2.13. The molecule has 1 N–H and O–H groups in total. The van der Waals surface area contributed by atoms with Gasteiger partial charge in [0.1, 0.15) is 23.9 Å². The number of carbonyl (C=O) groups excluding carboxylic acids is 2. The van der Waals surface area contributed by atoms with Crippen molar-refractivity contribution in [3.05, 3.63) is 76.5 Å². The number of hydrogen-bond donors (Lipinski definition) is 1. The molecule has 2 aromatic heterocycles. The zero-order valence-electron chi connectivity index (χ0n) is 20.6. The van der Waals surface area contributed by atoms with Crippen LogP contribution in [0.25, 0.3) is 11.0 Å². The molecule has 5 rings (SSSR count). The highest BCUT2D eigenvalue weighted by Gasteiger charge is 2.33. The molecule has 4 aromatic rings. The predicted octanol–water partition coefficient (Wildman–Crippen LogP) is 3.57. The molecule has 2 aromatic carbocycles. The molecular weight excluding hydrogens is 490 g/mol. The van der Waals surface area contributed by atoms with Crippen LogP contribution in [0.5, 0.6) is 5.75 Å². The van der Waals surface area contributed by atoms with Gasteiger partial charge in [-0.05, 0) is 54.1 Å². The zero-order chi connectivity index (χ0) is 25.6. The van der Waals surface area contributed by atoms with Crippen LogP contribution in [-0.2, 0) is 27.4 Å². The first-order valence-electron chi connectivity index (χ1n) is 12.3. The summed E-state index contributed by atoms with van der Waals surface area (Å²) in [4.78, 5) is 30.3. The molecule has 1 fully saturated rings. The highest BCUT2D eigenvalue weighted by Crippen LogP contribution is 2.28. The third kappa shape index (κ3) is 5.81. The van der Waals surface area contributed by atoms with Crippen molar-refractivity contribution in [2.45, 2.75) is 38.1 Å². The van der Waals surface area contributed by atoms with Gasteiger partial charge in [0.15, 0.2) is 0 Å². The van der Waals surface area contributed by atoms with Gasteiger partial charge in [0.25, 0.3) is 0 Å². The van der Waals surface area contributed by atoms with Gasteiger partial charge in [0.2, 0.25) is 11.8 Å². The number of ether oxygens (including phenoxy) is 2.